The van der Waals surface area contributed by atoms with Gasteiger partial charge in [-0.05, 0) is 22.9 Å². The average molecular weight is 219 g/mol. The summed E-state index contributed by atoms with van der Waals surface area (Å²) < 4.78 is 23.6. The van der Waals surface area contributed by atoms with Gasteiger partial charge in [-0.3, -0.25) is 0 Å². The molecule has 80 valence electrons. The Morgan fingerprint density at radius 1 is 1.43 bits per heavy atom. The highest BCUT2D eigenvalue weighted by Crippen LogP contribution is 2.22. The van der Waals surface area contributed by atoms with Gasteiger partial charge in [0.25, 0.3) is 6.43 Å². The Morgan fingerprint density at radius 2 is 2.14 bits per heavy atom. The minimum atomic E-state index is -2.27. The van der Waals surface area contributed by atoms with Crippen molar-refractivity contribution in [1.29, 1.82) is 0 Å². The van der Waals surface area contributed by atoms with Crippen molar-refractivity contribution in [3.8, 4) is 0 Å². The van der Waals surface area contributed by atoms with Gasteiger partial charge in [-0.2, -0.15) is 0 Å². The Kier molecular flexibility index (Phi) is 4.48. The number of halogens is 2. The van der Waals surface area contributed by atoms with E-state index in [2.05, 4.69) is 25.2 Å². The van der Waals surface area contributed by atoms with Crippen molar-refractivity contribution >= 4 is 11.3 Å². The number of thiophene rings is 1. The molecule has 0 radical (unpaired) electrons. The van der Waals surface area contributed by atoms with E-state index >= 15 is 0 Å². The lowest BCUT2D eigenvalue weighted by molar-refractivity contribution is 0.145. The first-order valence-electron chi connectivity index (χ1n) is 4.65. The summed E-state index contributed by atoms with van der Waals surface area (Å²) in [6.07, 6.45) is -2.27. The molecule has 0 amide bonds. The fourth-order valence-corrected chi connectivity index (χ4v) is 2.05. The van der Waals surface area contributed by atoms with Crippen molar-refractivity contribution in [3.63, 3.8) is 0 Å². The molecule has 1 nitrogen and oxygen atoms in total. The molecule has 1 aromatic rings. The maximum atomic E-state index is 11.8. The molecule has 0 bridgehead atoms. The highest BCUT2D eigenvalue weighted by molar-refractivity contribution is 7.10. The number of rotatable bonds is 5. The van der Waals surface area contributed by atoms with E-state index in [0.717, 1.165) is 5.56 Å². The average Bonchev–Trinajstić information content (AvgIpc) is 2.52. The van der Waals surface area contributed by atoms with E-state index in [9.17, 15) is 8.78 Å². The second-order valence-corrected chi connectivity index (χ2v) is 4.48. The summed E-state index contributed by atoms with van der Waals surface area (Å²) in [5.41, 5.74) is 1.10. The predicted octanol–water partition coefficient (Wildman–Crippen LogP) is 3.23. The van der Waals surface area contributed by atoms with E-state index in [0.29, 0.717) is 12.5 Å². The molecule has 0 aromatic carbocycles. The van der Waals surface area contributed by atoms with Crippen molar-refractivity contribution in [2.75, 3.05) is 6.54 Å². The Hall–Kier alpha value is -0.480. The predicted molar refractivity (Wildman–Crippen MR) is 56.1 cm³/mol. The quantitative estimate of drug-likeness (QED) is 0.801. The highest BCUT2D eigenvalue weighted by atomic mass is 32.1. The fraction of sp³-hybridized carbons (Fsp3) is 0.600. The van der Waals surface area contributed by atoms with Gasteiger partial charge in [0.2, 0.25) is 0 Å². The second kappa shape index (κ2) is 5.41. The van der Waals surface area contributed by atoms with E-state index in [-0.39, 0.29) is 6.54 Å². The van der Waals surface area contributed by atoms with Crippen LogP contribution in [0.25, 0.3) is 0 Å². The monoisotopic (exact) mass is 219 g/mol. The molecule has 1 rings (SSSR count). The summed E-state index contributed by atoms with van der Waals surface area (Å²) in [4.78, 5) is 1.30. The van der Waals surface area contributed by atoms with Gasteiger partial charge >= 0.3 is 0 Å². The summed E-state index contributed by atoms with van der Waals surface area (Å²) in [5, 5.41) is 4.73. The topological polar surface area (TPSA) is 12.0 Å². The van der Waals surface area contributed by atoms with Crippen LogP contribution in [0.5, 0.6) is 0 Å². The fourth-order valence-electron chi connectivity index (χ4n) is 1.12. The number of hydrogen-bond donors (Lipinski definition) is 1. The molecular formula is C10H15F2NS. The molecule has 4 heteroatoms. The van der Waals surface area contributed by atoms with E-state index in [1.807, 2.05) is 5.38 Å². The summed E-state index contributed by atoms with van der Waals surface area (Å²) in [5.74, 6) is 0.517. The minimum Gasteiger partial charge on any atom is -0.307 e. The Morgan fingerprint density at radius 3 is 2.64 bits per heavy atom. The third-order valence-corrected chi connectivity index (χ3v) is 3.15. The maximum absolute atomic E-state index is 11.8. The second-order valence-electron chi connectivity index (χ2n) is 3.53. The number of nitrogens with one attached hydrogen (secondary N) is 1. The first kappa shape index (κ1) is 11.6. The zero-order chi connectivity index (χ0) is 10.6. The summed E-state index contributed by atoms with van der Waals surface area (Å²) in [6, 6.07) is 2.08. The van der Waals surface area contributed by atoms with Crippen LogP contribution in [0, 0.1) is 0 Å². The van der Waals surface area contributed by atoms with Gasteiger partial charge < -0.3 is 5.32 Å². The lowest BCUT2D eigenvalue weighted by Crippen LogP contribution is -2.20. The van der Waals surface area contributed by atoms with Crippen LogP contribution in [0.3, 0.4) is 0 Å². The van der Waals surface area contributed by atoms with E-state index < -0.39 is 6.43 Å². The van der Waals surface area contributed by atoms with Crippen molar-refractivity contribution in [3.05, 3.63) is 21.9 Å². The van der Waals surface area contributed by atoms with Gasteiger partial charge in [0, 0.05) is 11.4 Å². The van der Waals surface area contributed by atoms with Crippen LogP contribution >= 0.6 is 11.3 Å². The zero-order valence-electron chi connectivity index (χ0n) is 8.39. The molecule has 0 aliphatic carbocycles. The largest absolute Gasteiger partial charge is 0.307 e. The van der Waals surface area contributed by atoms with Crippen LogP contribution in [-0.2, 0) is 6.54 Å². The van der Waals surface area contributed by atoms with Crippen LogP contribution < -0.4 is 5.32 Å². The van der Waals surface area contributed by atoms with Crippen molar-refractivity contribution < 1.29 is 8.78 Å². The standard InChI is InChI=1S/C10H15F2NS/c1-7(2)9-3-8(6-14-9)4-13-5-10(11)12/h3,6-7,10,13H,4-5H2,1-2H3. The number of alkyl halides is 2. The zero-order valence-corrected chi connectivity index (χ0v) is 9.20. The minimum absolute atomic E-state index is 0.229. The third-order valence-electron chi connectivity index (χ3n) is 1.87. The molecule has 0 aliphatic rings. The molecule has 0 aliphatic heterocycles. The molecule has 0 spiro atoms. The van der Waals surface area contributed by atoms with Crippen LogP contribution in [0.15, 0.2) is 11.4 Å². The molecule has 0 saturated carbocycles. The lowest BCUT2D eigenvalue weighted by atomic mass is 10.1. The van der Waals surface area contributed by atoms with Gasteiger partial charge in [0.15, 0.2) is 0 Å². The highest BCUT2D eigenvalue weighted by Gasteiger charge is 2.05. The summed E-state index contributed by atoms with van der Waals surface area (Å²) in [6.45, 7) is 4.56. The van der Waals surface area contributed by atoms with Crippen LogP contribution in [-0.4, -0.2) is 13.0 Å². The van der Waals surface area contributed by atoms with Gasteiger partial charge in [-0.1, -0.05) is 13.8 Å². The first-order chi connectivity index (χ1) is 6.59. The van der Waals surface area contributed by atoms with Crippen molar-refractivity contribution in [2.24, 2.45) is 0 Å². The van der Waals surface area contributed by atoms with Crippen LogP contribution in [0.2, 0.25) is 0 Å². The molecule has 0 atom stereocenters. The Balaban J connectivity index is 2.36. The van der Waals surface area contributed by atoms with Gasteiger partial charge in [-0.25, -0.2) is 8.78 Å². The molecule has 0 fully saturated rings. The molecular weight excluding hydrogens is 204 g/mol. The van der Waals surface area contributed by atoms with Crippen molar-refractivity contribution in [1.82, 2.24) is 5.32 Å². The molecule has 1 aromatic heterocycles. The molecule has 0 saturated heterocycles. The SMILES string of the molecule is CC(C)c1cc(CNCC(F)F)cs1. The van der Waals surface area contributed by atoms with Gasteiger partial charge in [0.1, 0.15) is 0 Å². The molecule has 1 N–H and O–H groups in total. The Bertz CT molecular complexity index is 271. The van der Waals surface area contributed by atoms with E-state index in [4.69, 9.17) is 0 Å². The molecule has 1 heterocycles. The summed E-state index contributed by atoms with van der Waals surface area (Å²) in [7, 11) is 0. The summed E-state index contributed by atoms with van der Waals surface area (Å²) >= 11 is 1.69. The van der Waals surface area contributed by atoms with Gasteiger partial charge in [-0.15, -0.1) is 11.3 Å². The smallest absolute Gasteiger partial charge is 0.250 e. The first-order valence-corrected chi connectivity index (χ1v) is 5.53. The van der Waals surface area contributed by atoms with Crippen molar-refractivity contribution in [2.45, 2.75) is 32.7 Å². The Labute approximate surface area is 87.1 Å². The van der Waals surface area contributed by atoms with Gasteiger partial charge in [0.05, 0.1) is 6.54 Å². The normalized spacial score (nSPS) is 11.6. The third kappa shape index (κ3) is 3.72. The van der Waals surface area contributed by atoms with Crippen LogP contribution in [0.1, 0.15) is 30.2 Å². The number of hydrogen-bond acceptors (Lipinski definition) is 2. The molecule has 14 heavy (non-hydrogen) atoms. The van der Waals surface area contributed by atoms with E-state index in [1.54, 1.807) is 11.3 Å². The molecule has 0 unspecified atom stereocenters. The van der Waals surface area contributed by atoms with E-state index in [1.165, 1.54) is 4.88 Å². The van der Waals surface area contributed by atoms with Crippen LogP contribution in [0.4, 0.5) is 8.78 Å². The lowest BCUT2D eigenvalue weighted by Gasteiger charge is -2.01. The maximum Gasteiger partial charge on any atom is 0.250 e.